The van der Waals surface area contributed by atoms with Crippen LogP contribution in [0.25, 0.3) is 0 Å². The minimum Gasteiger partial charge on any atom is -0.462 e. The highest BCUT2D eigenvalue weighted by molar-refractivity contribution is 7.90. The van der Waals surface area contributed by atoms with Crippen LogP contribution in [0.1, 0.15) is 28.4 Å². The molecule has 2 aromatic rings. The zero-order valence-corrected chi connectivity index (χ0v) is 17.1. The van der Waals surface area contributed by atoms with Crippen molar-refractivity contribution in [3.05, 3.63) is 53.1 Å². The Morgan fingerprint density at radius 3 is 2.25 bits per heavy atom. The first kappa shape index (κ1) is 21.4. The summed E-state index contributed by atoms with van der Waals surface area (Å²) in [6, 6.07) is 9.83. The van der Waals surface area contributed by atoms with Gasteiger partial charge in [-0.15, -0.1) is 0 Å². The van der Waals surface area contributed by atoms with Gasteiger partial charge in [-0.2, -0.15) is 0 Å². The molecule has 0 radical (unpaired) electrons. The summed E-state index contributed by atoms with van der Waals surface area (Å²) in [5, 5.41) is 5.68. The van der Waals surface area contributed by atoms with Crippen LogP contribution < -0.4 is 10.6 Å². The second kappa shape index (κ2) is 8.88. The molecule has 0 aliphatic rings. The predicted octanol–water partition coefficient (Wildman–Crippen LogP) is 2.93. The lowest BCUT2D eigenvalue weighted by Gasteiger charge is -2.14. The quantitative estimate of drug-likeness (QED) is 0.688. The Morgan fingerprint density at radius 1 is 1.04 bits per heavy atom. The summed E-state index contributed by atoms with van der Waals surface area (Å²) in [4.78, 5) is 24.1. The summed E-state index contributed by atoms with van der Waals surface area (Å²) in [5.41, 5.74) is 2.77. The van der Waals surface area contributed by atoms with Crippen molar-refractivity contribution in [1.29, 1.82) is 0 Å². The third-order valence-corrected chi connectivity index (χ3v) is 5.46. The maximum absolute atomic E-state index is 12.2. The number of ether oxygens (including phenoxy) is 1. The largest absolute Gasteiger partial charge is 0.462 e. The minimum absolute atomic E-state index is 0.0350. The summed E-state index contributed by atoms with van der Waals surface area (Å²) < 4.78 is 28.9. The van der Waals surface area contributed by atoms with Gasteiger partial charge in [-0.1, -0.05) is 6.07 Å². The van der Waals surface area contributed by atoms with E-state index in [1.807, 2.05) is 0 Å². The van der Waals surface area contributed by atoms with Gasteiger partial charge in [0, 0.05) is 17.6 Å². The highest BCUT2D eigenvalue weighted by atomic mass is 32.2. The number of hydrogen-bond acceptors (Lipinski definition) is 6. The van der Waals surface area contributed by atoms with Crippen molar-refractivity contribution < 1.29 is 22.7 Å². The third kappa shape index (κ3) is 5.32. The Hall–Kier alpha value is -2.87. The van der Waals surface area contributed by atoms with Crippen LogP contribution in [0.3, 0.4) is 0 Å². The SMILES string of the molecule is CCOC(=O)c1ccc(NC(=O)CNc2ccc(C)c(S(C)(=O)=O)c2C)cc1. The van der Waals surface area contributed by atoms with E-state index in [1.165, 1.54) is 6.26 Å². The van der Waals surface area contributed by atoms with Crippen LogP contribution in [-0.2, 0) is 19.4 Å². The number of hydrogen-bond donors (Lipinski definition) is 2. The molecule has 0 spiro atoms. The number of anilines is 2. The Labute approximate surface area is 165 Å². The van der Waals surface area contributed by atoms with Gasteiger partial charge in [-0.25, -0.2) is 13.2 Å². The van der Waals surface area contributed by atoms with Crippen molar-refractivity contribution >= 4 is 33.1 Å². The van der Waals surface area contributed by atoms with Crippen LogP contribution >= 0.6 is 0 Å². The van der Waals surface area contributed by atoms with Crippen molar-refractivity contribution in [2.75, 3.05) is 30.0 Å². The Bertz CT molecular complexity index is 982. The van der Waals surface area contributed by atoms with E-state index in [1.54, 1.807) is 57.2 Å². The molecular weight excluding hydrogens is 380 g/mol. The number of aryl methyl sites for hydroxylation is 1. The average molecular weight is 404 g/mol. The molecule has 0 bridgehead atoms. The molecule has 7 nitrogen and oxygen atoms in total. The van der Waals surface area contributed by atoms with Gasteiger partial charge < -0.3 is 15.4 Å². The summed E-state index contributed by atoms with van der Waals surface area (Å²) in [6.45, 7) is 5.43. The number of amides is 1. The second-order valence-corrected chi connectivity index (χ2v) is 8.31. The molecular formula is C20H24N2O5S. The van der Waals surface area contributed by atoms with Crippen LogP contribution in [0.15, 0.2) is 41.3 Å². The zero-order valence-electron chi connectivity index (χ0n) is 16.3. The van der Waals surface area contributed by atoms with Gasteiger partial charge in [-0.3, -0.25) is 4.79 Å². The lowest BCUT2D eigenvalue weighted by molar-refractivity contribution is -0.114. The van der Waals surface area contributed by atoms with Gasteiger partial charge in [-0.05, 0) is 62.2 Å². The molecule has 0 aliphatic heterocycles. The normalized spacial score (nSPS) is 11.0. The van der Waals surface area contributed by atoms with E-state index >= 15 is 0 Å². The highest BCUT2D eigenvalue weighted by Gasteiger charge is 2.17. The number of nitrogens with one attached hydrogen (secondary N) is 2. The van der Waals surface area contributed by atoms with E-state index in [4.69, 9.17) is 4.74 Å². The van der Waals surface area contributed by atoms with E-state index < -0.39 is 15.8 Å². The lowest BCUT2D eigenvalue weighted by Crippen LogP contribution is -2.22. The maximum atomic E-state index is 12.2. The summed E-state index contributed by atoms with van der Waals surface area (Å²) in [7, 11) is -3.37. The molecule has 8 heteroatoms. The monoisotopic (exact) mass is 404 g/mol. The van der Waals surface area contributed by atoms with Crippen LogP contribution in [0, 0.1) is 13.8 Å². The van der Waals surface area contributed by atoms with Gasteiger partial charge >= 0.3 is 5.97 Å². The zero-order chi connectivity index (χ0) is 20.9. The van der Waals surface area contributed by atoms with E-state index in [2.05, 4.69) is 10.6 Å². The molecule has 0 atom stereocenters. The fraction of sp³-hybridized carbons (Fsp3) is 0.300. The molecule has 0 unspecified atom stereocenters. The number of carbonyl (C=O) groups is 2. The second-order valence-electron chi connectivity index (χ2n) is 6.36. The predicted molar refractivity (Wildman–Crippen MR) is 109 cm³/mol. The number of rotatable bonds is 7. The number of benzene rings is 2. The molecule has 2 N–H and O–H groups in total. The highest BCUT2D eigenvalue weighted by Crippen LogP contribution is 2.26. The Morgan fingerprint density at radius 2 is 1.68 bits per heavy atom. The smallest absolute Gasteiger partial charge is 0.338 e. The average Bonchev–Trinajstić information content (AvgIpc) is 2.60. The van der Waals surface area contributed by atoms with E-state index in [9.17, 15) is 18.0 Å². The molecule has 2 aromatic carbocycles. The van der Waals surface area contributed by atoms with Gasteiger partial charge in [0.25, 0.3) is 0 Å². The first-order chi connectivity index (χ1) is 13.1. The molecule has 0 fully saturated rings. The summed E-state index contributed by atoms with van der Waals surface area (Å²) in [6.07, 6.45) is 1.17. The van der Waals surface area contributed by atoms with Gasteiger partial charge in [0.1, 0.15) is 0 Å². The first-order valence-corrected chi connectivity index (χ1v) is 10.6. The molecule has 150 valence electrons. The van der Waals surface area contributed by atoms with Crippen molar-refractivity contribution in [1.82, 2.24) is 0 Å². The van der Waals surface area contributed by atoms with Crippen molar-refractivity contribution in [2.45, 2.75) is 25.7 Å². The van der Waals surface area contributed by atoms with Crippen molar-refractivity contribution in [3.8, 4) is 0 Å². The van der Waals surface area contributed by atoms with Crippen LogP contribution in [0.2, 0.25) is 0 Å². The van der Waals surface area contributed by atoms with Crippen LogP contribution in [0.5, 0.6) is 0 Å². The third-order valence-electron chi connectivity index (χ3n) is 4.09. The number of sulfone groups is 1. The molecule has 1 amide bonds. The lowest BCUT2D eigenvalue weighted by atomic mass is 10.1. The standard InChI is InChI=1S/C20H24N2O5S/c1-5-27-20(24)15-7-9-16(10-8-15)22-18(23)12-21-17-11-6-13(2)19(14(17)3)28(4,25)26/h6-11,21H,5,12H2,1-4H3,(H,22,23). The number of esters is 1. The number of carbonyl (C=O) groups excluding carboxylic acids is 2. The molecule has 28 heavy (non-hydrogen) atoms. The molecule has 0 aromatic heterocycles. The van der Waals surface area contributed by atoms with Crippen molar-refractivity contribution in [3.63, 3.8) is 0 Å². The fourth-order valence-electron chi connectivity index (χ4n) is 2.87. The van der Waals surface area contributed by atoms with E-state index in [-0.39, 0.29) is 17.3 Å². The Kier molecular flexibility index (Phi) is 6.80. The topological polar surface area (TPSA) is 102 Å². The first-order valence-electron chi connectivity index (χ1n) is 8.74. The summed E-state index contributed by atoms with van der Waals surface area (Å²) >= 11 is 0. The van der Waals surface area contributed by atoms with Crippen molar-refractivity contribution in [2.24, 2.45) is 0 Å². The fourth-order valence-corrected chi connectivity index (χ4v) is 4.19. The minimum atomic E-state index is -3.37. The molecule has 0 saturated carbocycles. The molecule has 0 saturated heterocycles. The van der Waals surface area contributed by atoms with Crippen LogP contribution in [-0.4, -0.2) is 39.7 Å². The van der Waals surface area contributed by atoms with Gasteiger partial charge in [0.15, 0.2) is 9.84 Å². The molecule has 2 rings (SSSR count). The molecule has 0 aliphatic carbocycles. The van der Waals surface area contributed by atoms with Crippen LogP contribution in [0.4, 0.5) is 11.4 Å². The van der Waals surface area contributed by atoms with E-state index in [0.29, 0.717) is 34.7 Å². The Balaban J connectivity index is 2.02. The molecule has 0 heterocycles. The maximum Gasteiger partial charge on any atom is 0.338 e. The van der Waals surface area contributed by atoms with Gasteiger partial charge in [0.2, 0.25) is 5.91 Å². The van der Waals surface area contributed by atoms with Gasteiger partial charge in [0.05, 0.1) is 23.6 Å². The van der Waals surface area contributed by atoms with E-state index in [0.717, 1.165) is 0 Å². The summed E-state index contributed by atoms with van der Waals surface area (Å²) in [5.74, 6) is -0.719.